The summed E-state index contributed by atoms with van der Waals surface area (Å²) < 4.78 is 10.4. The van der Waals surface area contributed by atoms with Crippen LogP contribution in [0.2, 0.25) is 0 Å². The molecule has 2 unspecified atom stereocenters. The highest BCUT2D eigenvalue weighted by atomic mass is 16.5. The van der Waals surface area contributed by atoms with E-state index in [1.807, 2.05) is 12.2 Å². The summed E-state index contributed by atoms with van der Waals surface area (Å²) in [5, 5.41) is 0. The first-order valence-corrected chi connectivity index (χ1v) is 7.20. The number of carbonyl (C=O) groups excluding carboxylic acids is 2. The van der Waals surface area contributed by atoms with E-state index in [2.05, 4.69) is 6.92 Å². The molecule has 19 heavy (non-hydrogen) atoms. The summed E-state index contributed by atoms with van der Waals surface area (Å²) in [5.74, 6) is -0.878. The van der Waals surface area contributed by atoms with Gasteiger partial charge in [0, 0.05) is 0 Å². The Bertz CT molecular complexity index is 374. The molecule has 106 valence electrons. The number of carbonyl (C=O) groups is 2. The summed E-state index contributed by atoms with van der Waals surface area (Å²) in [6.07, 6.45) is 6.82. The van der Waals surface area contributed by atoms with E-state index in [1.54, 1.807) is 6.92 Å². The minimum atomic E-state index is -0.343. The van der Waals surface area contributed by atoms with Gasteiger partial charge in [-0.05, 0) is 31.6 Å². The summed E-state index contributed by atoms with van der Waals surface area (Å²) in [7, 11) is 0. The molecular weight excluding hydrogens is 244 g/mol. The molecule has 2 aliphatic rings. The zero-order valence-corrected chi connectivity index (χ0v) is 11.6. The van der Waals surface area contributed by atoms with Crippen molar-refractivity contribution in [3.8, 4) is 0 Å². The van der Waals surface area contributed by atoms with Crippen LogP contribution in [0.15, 0.2) is 12.2 Å². The van der Waals surface area contributed by atoms with E-state index in [0.717, 1.165) is 19.3 Å². The van der Waals surface area contributed by atoms with Crippen LogP contribution in [0.4, 0.5) is 0 Å². The second-order valence-electron chi connectivity index (χ2n) is 5.27. The lowest BCUT2D eigenvalue weighted by molar-refractivity contribution is -0.161. The Morgan fingerprint density at radius 2 is 1.63 bits per heavy atom. The van der Waals surface area contributed by atoms with Gasteiger partial charge in [0.05, 0.1) is 25.0 Å². The van der Waals surface area contributed by atoms with Crippen LogP contribution in [0.3, 0.4) is 0 Å². The predicted molar refractivity (Wildman–Crippen MR) is 70.2 cm³/mol. The third-order valence-corrected chi connectivity index (χ3v) is 4.03. The molecule has 2 bridgehead atoms. The van der Waals surface area contributed by atoms with Crippen molar-refractivity contribution < 1.29 is 19.1 Å². The van der Waals surface area contributed by atoms with Gasteiger partial charge in [-0.15, -0.1) is 0 Å². The molecule has 0 aromatic heterocycles. The second kappa shape index (κ2) is 6.22. The fourth-order valence-electron chi connectivity index (χ4n) is 3.12. The quantitative estimate of drug-likeness (QED) is 0.420. The molecule has 4 atom stereocenters. The number of allylic oxidation sites excluding steroid dienone is 2. The largest absolute Gasteiger partial charge is 0.466 e. The van der Waals surface area contributed by atoms with Crippen molar-refractivity contribution in [2.45, 2.75) is 33.1 Å². The average molecular weight is 266 g/mol. The van der Waals surface area contributed by atoms with Crippen LogP contribution in [0.25, 0.3) is 0 Å². The standard InChI is InChI=1S/C15H22O4/c1-3-5-8-19-15(17)13-11-7-6-10(9-11)12(13)14(16)18-4-2/h6-7,10-13H,3-5,8-9H2,1-2H3/t10?,11?,12-,13-/m0/s1. The fraction of sp³-hybridized carbons (Fsp3) is 0.733. The normalized spacial score (nSPS) is 31.5. The third-order valence-electron chi connectivity index (χ3n) is 4.03. The summed E-state index contributed by atoms with van der Waals surface area (Å²) in [6, 6.07) is 0. The van der Waals surface area contributed by atoms with Gasteiger partial charge in [-0.25, -0.2) is 0 Å². The zero-order valence-electron chi connectivity index (χ0n) is 11.6. The molecular formula is C15H22O4. The van der Waals surface area contributed by atoms with Crippen molar-refractivity contribution in [1.82, 2.24) is 0 Å². The Hall–Kier alpha value is -1.32. The number of rotatable bonds is 6. The van der Waals surface area contributed by atoms with E-state index in [0.29, 0.717) is 13.2 Å². The van der Waals surface area contributed by atoms with Crippen molar-refractivity contribution in [2.75, 3.05) is 13.2 Å². The predicted octanol–water partition coefficient (Wildman–Crippen LogP) is 2.33. The number of esters is 2. The van der Waals surface area contributed by atoms with Gasteiger partial charge in [-0.3, -0.25) is 9.59 Å². The molecule has 4 heteroatoms. The van der Waals surface area contributed by atoms with Crippen LogP contribution < -0.4 is 0 Å². The van der Waals surface area contributed by atoms with Crippen LogP contribution in [0.1, 0.15) is 33.1 Å². The summed E-state index contributed by atoms with van der Waals surface area (Å²) in [4.78, 5) is 24.2. The highest BCUT2D eigenvalue weighted by molar-refractivity contribution is 5.84. The van der Waals surface area contributed by atoms with Crippen LogP contribution in [-0.4, -0.2) is 25.2 Å². The summed E-state index contributed by atoms with van der Waals surface area (Å²) in [5.41, 5.74) is 0. The van der Waals surface area contributed by atoms with Gasteiger partial charge < -0.3 is 9.47 Å². The second-order valence-corrected chi connectivity index (χ2v) is 5.27. The highest BCUT2D eigenvalue weighted by Crippen LogP contribution is 2.48. The minimum Gasteiger partial charge on any atom is -0.466 e. The summed E-state index contributed by atoms with van der Waals surface area (Å²) >= 11 is 0. The lowest BCUT2D eigenvalue weighted by Gasteiger charge is -2.24. The number of hydrogen-bond donors (Lipinski definition) is 0. The van der Waals surface area contributed by atoms with Crippen molar-refractivity contribution in [3.63, 3.8) is 0 Å². The fourth-order valence-corrected chi connectivity index (χ4v) is 3.12. The molecule has 0 heterocycles. The molecule has 0 aliphatic heterocycles. The monoisotopic (exact) mass is 266 g/mol. The van der Waals surface area contributed by atoms with Gasteiger partial charge in [0.15, 0.2) is 0 Å². The maximum atomic E-state index is 12.2. The first-order valence-electron chi connectivity index (χ1n) is 7.20. The molecule has 0 spiro atoms. The van der Waals surface area contributed by atoms with Crippen molar-refractivity contribution in [3.05, 3.63) is 12.2 Å². The topological polar surface area (TPSA) is 52.6 Å². The van der Waals surface area contributed by atoms with Crippen LogP contribution in [-0.2, 0) is 19.1 Å². The molecule has 0 aromatic carbocycles. The lowest BCUT2D eigenvalue weighted by atomic mass is 9.83. The Morgan fingerprint density at radius 3 is 2.16 bits per heavy atom. The Kier molecular flexibility index (Phi) is 4.61. The van der Waals surface area contributed by atoms with Gasteiger partial charge in [0.25, 0.3) is 0 Å². The van der Waals surface area contributed by atoms with E-state index < -0.39 is 0 Å². The van der Waals surface area contributed by atoms with E-state index in [4.69, 9.17) is 9.47 Å². The van der Waals surface area contributed by atoms with Gasteiger partial charge in [-0.2, -0.15) is 0 Å². The minimum absolute atomic E-state index is 0.146. The maximum absolute atomic E-state index is 12.2. The maximum Gasteiger partial charge on any atom is 0.310 e. The third kappa shape index (κ3) is 2.82. The Labute approximate surface area is 114 Å². The number of hydrogen-bond acceptors (Lipinski definition) is 4. The van der Waals surface area contributed by atoms with E-state index in [9.17, 15) is 9.59 Å². The van der Waals surface area contributed by atoms with E-state index >= 15 is 0 Å². The molecule has 2 aliphatic carbocycles. The lowest BCUT2D eigenvalue weighted by Crippen LogP contribution is -2.35. The molecule has 0 aromatic rings. The van der Waals surface area contributed by atoms with Gasteiger partial charge in [0.2, 0.25) is 0 Å². The van der Waals surface area contributed by atoms with E-state index in [-0.39, 0.29) is 35.6 Å². The van der Waals surface area contributed by atoms with Gasteiger partial charge in [-0.1, -0.05) is 25.5 Å². The molecule has 2 rings (SSSR count). The molecule has 1 saturated carbocycles. The SMILES string of the molecule is CCCCOC(=O)[C@H]1C2C=CC(C2)[C@@H]1C(=O)OCC. The zero-order chi connectivity index (χ0) is 13.8. The van der Waals surface area contributed by atoms with Crippen molar-refractivity contribution in [2.24, 2.45) is 23.7 Å². The van der Waals surface area contributed by atoms with Gasteiger partial charge >= 0.3 is 11.9 Å². The van der Waals surface area contributed by atoms with Gasteiger partial charge in [0.1, 0.15) is 0 Å². The van der Waals surface area contributed by atoms with Crippen LogP contribution in [0, 0.1) is 23.7 Å². The summed E-state index contributed by atoms with van der Waals surface area (Å²) in [6.45, 7) is 4.64. The first kappa shape index (κ1) is 14.1. The molecule has 0 amide bonds. The smallest absolute Gasteiger partial charge is 0.310 e. The molecule has 0 saturated heterocycles. The van der Waals surface area contributed by atoms with Crippen LogP contribution >= 0.6 is 0 Å². The highest BCUT2D eigenvalue weighted by Gasteiger charge is 2.52. The molecule has 0 radical (unpaired) electrons. The molecule has 1 fully saturated rings. The average Bonchev–Trinajstić information content (AvgIpc) is 2.99. The number of fused-ring (bicyclic) bond motifs is 2. The first-order chi connectivity index (χ1) is 9.19. The molecule has 4 nitrogen and oxygen atoms in total. The molecule has 0 N–H and O–H groups in total. The number of ether oxygens (including phenoxy) is 2. The Morgan fingerprint density at radius 1 is 1.05 bits per heavy atom. The van der Waals surface area contributed by atoms with Crippen molar-refractivity contribution >= 4 is 11.9 Å². The van der Waals surface area contributed by atoms with Crippen molar-refractivity contribution in [1.29, 1.82) is 0 Å². The Balaban J connectivity index is 2.02. The van der Waals surface area contributed by atoms with Crippen LogP contribution in [0.5, 0.6) is 0 Å². The number of unbranched alkanes of at least 4 members (excludes halogenated alkanes) is 1. The van der Waals surface area contributed by atoms with E-state index in [1.165, 1.54) is 0 Å².